The molecule has 0 unspecified atom stereocenters. The molecule has 2 rings (SSSR count). The van der Waals surface area contributed by atoms with Crippen LogP contribution in [0.2, 0.25) is 0 Å². The number of methoxy groups -OCH3 is 1. The number of nitrogens with zero attached hydrogens (tertiary/aromatic N) is 1. The van der Waals surface area contributed by atoms with Crippen molar-refractivity contribution in [2.24, 2.45) is 0 Å². The van der Waals surface area contributed by atoms with E-state index in [4.69, 9.17) is 10.5 Å². The third-order valence-corrected chi connectivity index (χ3v) is 3.57. The van der Waals surface area contributed by atoms with Crippen LogP contribution in [0.25, 0.3) is 10.2 Å². The number of nitrogens with two attached hydrogens (primary N) is 1. The lowest BCUT2D eigenvalue weighted by Crippen LogP contribution is -2.13. The van der Waals surface area contributed by atoms with Gasteiger partial charge in [-0.15, -0.1) is 0 Å². The Kier molecular flexibility index (Phi) is 3.02. The van der Waals surface area contributed by atoms with Gasteiger partial charge in [-0.05, 0) is 23.1 Å². The monoisotopic (exact) mass is 264 g/mol. The van der Waals surface area contributed by atoms with Crippen molar-refractivity contribution in [3.05, 3.63) is 23.3 Å². The van der Waals surface area contributed by atoms with Crippen LogP contribution in [0.5, 0.6) is 0 Å². The minimum absolute atomic E-state index is 0.108. The molecule has 0 aliphatic rings. The molecule has 0 aliphatic heterocycles. The van der Waals surface area contributed by atoms with E-state index in [2.05, 4.69) is 25.8 Å². The van der Waals surface area contributed by atoms with E-state index in [1.165, 1.54) is 18.4 Å². The van der Waals surface area contributed by atoms with Crippen LogP contribution in [0.1, 0.15) is 36.7 Å². The number of hydrogen-bond donors (Lipinski definition) is 1. The lowest BCUT2D eigenvalue weighted by atomic mass is 9.85. The fourth-order valence-electron chi connectivity index (χ4n) is 1.85. The zero-order valence-electron chi connectivity index (χ0n) is 10.9. The summed E-state index contributed by atoms with van der Waals surface area (Å²) < 4.78 is 5.69. The Morgan fingerprint density at radius 1 is 1.39 bits per heavy atom. The zero-order chi connectivity index (χ0) is 13.5. The van der Waals surface area contributed by atoms with Crippen molar-refractivity contribution < 1.29 is 9.53 Å². The van der Waals surface area contributed by atoms with Crippen LogP contribution in [-0.4, -0.2) is 18.1 Å². The molecular weight excluding hydrogens is 248 g/mol. The normalized spacial score (nSPS) is 11.8. The Labute approximate surface area is 110 Å². The summed E-state index contributed by atoms with van der Waals surface area (Å²) in [6.45, 7) is 6.25. The fourth-order valence-corrected chi connectivity index (χ4v) is 2.65. The van der Waals surface area contributed by atoms with Crippen LogP contribution in [0.15, 0.2) is 12.1 Å². The molecule has 0 radical (unpaired) electrons. The number of carbonyl (C=O) groups excluding carboxylic acids is 1. The number of thiazole rings is 1. The van der Waals surface area contributed by atoms with Crippen molar-refractivity contribution in [1.82, 2.24) is 4.98 Å². The highest BCUT2D eigenvalue weighted by Gasteiger charge is 2.22. The lowest BCUT2D eigenvalue weighted by Gasteiger charge is -2.20. The van der Waals surface area contributed by atoms with Gasteiger partial charge in [-0.25, -0.2) is 9.78 Å². The van der Waals surface area contributed by atoms with E-state index in [0.29, 0.717) is 10.7 Å². The van der Waals surface area contributed by atoms with Gasteiger partial charge in [-0.1, -0.05) is 32.1 Å². The van der Waals surface area contributed by atoms with Gasteiger partial charge in [-0.3, -0.25) is 0 Å². The molecule has 0 saturated heterocycles. The smallest absolute Gasteiger partial charge is 0.337 e. The number of aromatic nitrogens is 1. The Bertz CT molecular complexity index is 611. The molecule has 0 spiro atoms. The van der Waals surface area contributed by atoms with E-state index < -0.39 is 0 Å². The van der Waals surface area contributed by atoms with Crippen molar-refractivity contribution in [3.8, 4) is 0 Å². The number of hydrogen-bond acceptors (Lipinski definition) is 5. The van der Waals surface area contributed by atoms with E-state index >= 15 is 0 Å². The summed E-state index contributed by atoms with van der Waals surface area (Å²) in [6.07, 6.45) is 0. The van der Waals surface area contributed by atoms with Crippen LogP contribution in [0.4, 0.5) is 5.13 Å². The molecule has 5 heteroatoms. The first-order valence-electron chi connectivity index (χ1n) is 5.62. The maximum absolute atomic E-state index is 11.7. The van der Waals surface area contributed by atoms with Crippen molar-refractivity contribution in [1.29, 1.82) is 0 Å². The molecule has 0 fully saturated rings. The number of rotatable bonds is 1. The van der Waals surface area contributed by atoms with Crippen LogP contribution < -0.4 is 5.73 Å². The molecule has 2 N–H and O–H groups in total. The third-order valence-electron chi connectivity index (χ3n) is 2.74. The van der Waals surface area contributed by atoms with Gasteiger partial charge in [-0.2, -0.15) is 0 Å². The Morgan fingerprint density at radius 2 is 2.06 bits per heavy atom. The quantitative estimate of drug-likeness (QED) is 0.804. The highest BCUT2D eigenvalue weighted by molar-refractivity contribution is 7.22. The predicted octanol–water partition coefficient (Wildman–Crippen LogP) is 2.96. The predicted molar refractivity (Wildman–Crippen MR) is 74.1 cm³/mol. The second-order valence-corrected chi connectivity index (χ2v) is 6.23. The molecule has 0 saturated carbocycles. The van der Waals surface area contributed by atoms with Gasteiger partial charge in [0.25, 0.3) is 0 Å². The molecule has 1 aromatic carbocycles. The number of nitrogen functional groups attached to an aromatic ring is 1. The average molecular weight is 264 g/mol. The van der Waals surface area contributed by atoms with Crippen LogP contribution in [-0.2, 0) is 10.2 Å². The van der Waals surface area contributed by atoms with Crippen LogP contribution in [0.3, 0.4) is 0 Å². The second-order valence-electron chi connectivity index (χ2n) is 5.16. The Balaban J connectivity index is 2.76. The molecule has 0 aliphatic carbocycles. The Morgan fingerprint density at radius 3 is 2.61 bits per heavy atom. The van der Waals surface area contributed by atoms with Gasteiger partial charge >= 0.3 is 5.97 Å². The molecule has 0 amide bonds. The topological polar surface area (TPSA) is 65.2 Å². The maximum atomic E-state index is 11.7. The van der Waals surface area contributed by atoms with Crippen molar-refractivity contribution in [2.75, 3.05) is 12.8 Å². The molecule has 0 bridgehead atoms. The number of esters is 1. The van der Waals surface area contributed by atoms with E-state index in [1.807, 2.05) is 6.07 Å². The first-order chi connectivity index (χ1) is 8.32. The number of fused-ring (bicyclic) bond motifs is 1. The van der Waals surface area contributed by atoms with Gasteiger partial charge in [0.2, 0.25) is 0 Å². The van der Waals surface area contributed by atoms with Crippen molar-refractivity contribution in [3.63, 3.8) is 0 Å². The minimum Gasteiger partial charge on any atom is -0.465 e. The SMILES string of the molecule is COC(=O)c1cc(C(C)(C)C)c2nc(N)sc2c1. The van der Waals surface area contributed by atoms with E-state index in [1.54, 1.807) is 6.07 Å². The lowest BCUT2D eigenvalue weighted by molar-refractivity contribution is 0.0601. The standard InChI is InChI=1S/C13H16N2O2S/c1-13(2,3)8-5-7(11(16)17-4)6-9-10(8)15-12(14)18-9/h5-6H,1-4H3,(H2,14,15). The van der Waals surface area contributed by atoms with Crippen LogP contribution >= 0.6 is 11.3 Å². The highest BCUT2D eigenvalue weighted by Crippen LogP contribution is 2.34. The summed E-state index contributed by atoms with van der Waals surface area (Å²) in [4.78, 5) is 16.0. The molecule has 4 nitrogen and oxygen atoms in total. The summed E-state index contributed by atoms with van der Waals surface area (Å²) in [5, 5.41) is 0.512. The van der Waals surface area contributed by atoms with Gasteiger partial charge in [0.15, 0.2) is 5.13 Å². The van der Waals surface area contributed by atoms with Gasteiger partial charge in [0.05, 0.1) is 22.9 Å². The molecule has 1 aromatic heterocycles. The van der Waals surface area contributed by atoms with Crippen molar-refractivity contribution >= 4 is 32.7 Å². The highest BCUT2D eigenvalue weighted by atomic mass is 32.1. The molecule has 96 valence electrons. The van der Waals surface area contributed by atoms with Crippen LogP contribution in [0, 0.1) is 0 Å². The minimum atomic E-state index is -0.339. The maximum Gasteiger partial charge on any atom is 0.337 e. The number of benzene rings is 1. The van der Waals surface area contributed by atoms with E-state index in [9.17, 15) is 4.79 Å². The van der Waals surface area contributed by atoms with Crippen molar-refractivity contribution in [2.45, 2.75) is 26.2 Å². The molecule has 18 heavy (non-hydrogen) atoms. The first-order valence-corrected chi connectivity index (χ1v) is 6.43. The number of anilines is 1. The summed E-state index contributed by atoms with van der Waals surface area (Å²) in [5.41, 5.74) is 8.07. The van der Waals surface area contributed by atoms with E-state index in [-0.39, 0.29) is 11.4 Å². The Hall–Kier alpha value is -1.62. The zero-order valence-corrected chi connectivity index (χ0v) is 11.7. The average Bonchev–Trinajstić information content (AvgIpc) is 2.65. The van der Waals surface area contributed by atoms with E-state index in [0.717, 1.165) is 15.8 Å². The summed E-state index contributed by atoms with van der Waals surface area (Å²) in [5.74, 6) is -0.339. The third kappa shape index (κ3) is 2.18. The van der Waals surface area contributed by atoms with Gasteiger partial charge in [0, 0.05) is 0 Å². The number of carbonyl (C=O) groups is 1. The first kappa shape index (κ1) is 12.8. The summed E-state index contributed by atoms with van der Waals surface area (Å²) in [7, 11) is 1.38. The number of ether oxygens (including phenoxy) is 1. The van der Waals surface area contributed by atoms with Gasteiger partial charge < -0.3 is 10.5 Å². The summed E-state index contributed by atoms with van der Waals surface area (Å²) >= 11 is 1.38. The fraction of sp³-hybridized carbons (Fsp3) is 0.385. The molecule has 2 aromatic rings. The van der Waals surface area contributed by atoms with Gasteiger partial charge in [0.1, 0.15) is 0 Å². The molecule has 1 heterocycles. The molecular formula is C13H16N2O2S. The summed E-state index contributed by atoms with van der Waals surface area (Å²) in [6, 6.07) is 3.62. The second kappa shape index (κ2) is 4.24. The largest absolute Gasteiger partial charge is 0.465 e. The molecule has 0 atom stereocenters.